The van der Waals surface area contributed by atoms with Gasteiger partial charge in [0.1, 0.15) is 0 Å². The molecule has 0 aliphatic rings. The molecule has 0 fully saturated rings. The van der Waals surface area contributed by atoms with Crippen molar-refractivity contribution in [2.45, 2.75) is 55.2 Å². The predicted molar refractivity (Wildman–Crippen MR) is 62.8 cm³/mol. The zero-order chi connectivity index (χ0) is 19.8. The highest BCUT2D eigenvalue weighted by Crippen LogP contribution is 2.58. The fourth-order valence-corrected chi connectivity index (χ4v) is 2.40. The van der Waals surface area contributed by atoms with Crippen LogP contribution in [0.25, 0.3) is 0 Å². The molecule has 0 aromatic carbocycles. The predicted octanol–water partition coefficient (Wildman–Crippen LogP) is 3.08. The van der Waals surface area contributed by atoms with Gasteiger partial charge >= 0.3 is 29.9 Å². The van der Waals surface area contributed by atoms with Gasteiger partial charge in [-0.25, -0.2) is 0 Å². The van der Waals surface area contributed by atoms with Crippen molar-refractivity contribution in [3.63, 3.8) is 0 Å². The Morgan fingerprint density at radius 1 is 0.583 bits per heavy atom. The summed E-state index contributed by atoms with van der Waals surface area (Å²) in [5.41, 5.74) is 0. The lowest BCUT2D eigenvalue weighted by Gasteiger charge is -2.37. The zero-order valence-electron chi connectivity index (χ0n) is 11.7. The minimum Gasteiger partial charge on any atom is -0.327 e. The van der Waals surface area contributed by atoms with Crippen LogP contribution in [0.3, 0.4) is 0 Å². The summed E-state index contributed by atoms with van der Waals surface area (Å²) < 4.78 is 139. The van der Waals surface area contributed by atoms with Gasteiger partial charge in [-0.3, -0.25) is 0 Å². The summed E-state index contributed by atoms with van der Waals surface area (Å²) in [5, 5.41) is 15.5. The number of nitrogens with two attached hydrogens (primary N) is 3. The summed E-state index contributed by atoms with van der Waals surface area (Å²) >= 11 is 0. The molecule has 0 atom stereocenters. The Morgan fingerprint density at radius 2 is 1.00 bits per heavy atom. The van der Waals surface area contributed by atoms with Crippen LogP contribution in [0.5, 0.6) is 0 Å². The summed E-state index contributed by atoms with van der Waals surface area (Å²) in [6.07, 6.45) is -10.6. The first kappa shape index (κ1) is 23.3. The van der Waals surface area contributed by atoms with Crippen molar-refractivity contribution in [3.05, 3.63) is 0 Å². The molecule has 0 rings (SSSR count). The average Bonchev–Trinajstić information content (AvgIpc) is 2.31. The summed E-state index contributed by atoms with van der Waals surface area (Å²) in [6.45, 7) is 0. The molecule has 15 heteroatoms. The summed E-state index contributed by atoms with van der Waals surface area (Å²) in [5.74, 6) is -27.5. The standard InChI is InChI=1S/C9H14F11N3Si/c10-5(11,3-1-2-4-24(21,22)23)6(12,13)7(14,15)8(16,17)9(18,19)20/h1-4,21-23H2. The normalized spacial score (nSPS) is 15.8. The van der Waals surface area contributed by atoms with Crippen LogP contribution in [-0.2, 0) is 0 Å². The molecule has 6 N–H and O–H groups in total. The van der Waals surface area contributed by atoms with Gasteiger partial charge in [-0.15, -0.1) is 0 Å². The molecule has 3 nitrogen and oxygen atoms in total. The van der Waals surface area contributed by atoms with E-state index in [1.165, 1.54) is 0 Å². The molecule has 0 aromatic rings. The largest absolute Gasteiger partial charge is 0.460 e. The highest BCUT2D eigenvalue weighted by Gasteiger charge is 2.86. The number of halogens is 11. The Balaban J connectivity index is 5.32. The maximum absolute atomic E-state index is 13.2. The fourth-order valence-electron chi connectivity index (χ4n) is 1.54. The maximum atomic E-state index is 13.2. The van der Waals surface area contributed by atoms with Gasteiger partial charge in [-0.1, -0.05) is 6.42 Å². The first-order valence-corrected chi connectivity index (χ1v) is 8.59. The van der Waals surface area contributed by atoms with E-state index in [0.29, 0.717) is 0 Å². The van der Waals surface area contributed by atoms with Crippen molar-refractivity contribution in [1.82, 2.24) is 0 Å². The van der Waals surface area contributed by atoms with Crippen LogP contribution in [0.15, 0.2) is 0 Å². The van der Waals surface area contributed by atoms with E-state index in [-0.39, 0.29) is 6.04 Å². The van der Waals surface area contributed by atoms with Gasteiger partial charge in [-0.2, -0.15) is 48.3 Å². The lowest BCUT2D eigenvalue weighted by molar-refractivity contribution is -0.422. The molecule has 0 unspecified atom stereocenters. The van der Waals surface area contributed by atoms with Crippen LogP contribution < -0.4 is 16.2 Å². The number of rotatable bonds is 8. The van der Waals surface area contributed by atoms with E-state index in [4.69, 9.17) is 16.2 Å². The van der Waals surface area contributed by atoms with E-state index in [1.54, 1.807) is 0 Å². The number of alkyl halides is 11. The Bertz CT molecular complexity index is 429. The third-order valence-corrected chi connectivity index (χ3v) is 4.17. The summed E-state index contributed by atoms with van der Waals surface area (Å²) in [4.78, 5) is 0. The van der Waals surface area contributed by atoms with Crippen LogP contribution >= 0.6 is 0 Å². The maximum Gasteiger partial charge on any atom is 0.460 e. The fraction of sp³-hybridized carbons (Fsp3) is 1.00. The Hall–Kier alpha value is -0.673. The first-order valence-electron chi connectivity index (χ1n) is 6.15. The molecule has 0 bridgehead atoms. The van der Waals surface area contributed by atoms with Crippen molar-refractivity contribution in [1.29, 1.82) is 0 Å². The van der Waals surface area contributed by atoms with Gasteiger partial charge in [0.15, 0.2) is 0 Å². The van der Waals surface area contributed by atoms with Crippen LogP contribution in [0, 0.1) is 0 Å². The minimum absolute atomic E-state index is 0.288. The van der Waals surface area contributed by atoms with Gasteiger partial charge in [0.2, 0.25) is 0 Å². The van der Waals surface area contributed by atoms with Crippen LogP contribution in [-0.4, -0.2) is 38.4 Å². The molecule has 0 spiro atoms. The molecule has 0 saturated carbocycles. The lowest BCUT2D eigenvalue weighted by atomic mass is 9.95. The van der Waals surface area contributed by atoms with E-state index in [0.717, 1.165) is 0 Å². The van der Waals surface area contributed by atoms with Gasteiger partial charge in [0, 0.05) is 6.42 Å². The van der Waals surface area contributed by atoms with Crippen molar-refractivity contribution < 1.29 is 48.3 Å². The minimum atomic E-state index is -7.37. The third kappa shape index (κ3) is 4.48. The van der Waals surface area contributed by atoms with Crippen molar-refractivity contribution in [2.75, 3.05) is 0 Å². The Labute approximate surface area is 129 Å². The molecule has 0 radical (unpaired) electrons. The molecule has 0 saturated heterocycles. The third-order valence-electron chi connectivity index (χ3n) is 2.95. The van der Waals surface area contributed by atoms with E-state index in [2.05, 4.69) is 0 Å². The van der Waals surface area contributed by atoms with Crippen LogP contribution in [0.1, 0.15) is 19.3 Å². The summed E-state index contributed by atoms with van der Waals surface area (Å²) in [6, 6.07) is -0.288. The molecule has 0 aliphatic carbocycles. The van der Waals surface area contributed by atoms with Crippen molar-refractivity contribution in [3.8, 4) is 0 Å². The molecule has 146 valence electrons. The van der Waals surface area contributed by atoms with E-state index in [1.807, 2.05) is 0 Å². The molecule has 0 aliphatic heterocycles. The number of hydrogen-bond acceptors (Lipinski definition) is 3. The van der Waals surface area contributed by atoms with Gasteiger partial charge in [0.05, 0.1) is 0 Å². The van der Waals surface area contributed by atoms with Crippen LogP contribution in [0.2, 0.25) is 6.04 Å². The van der Waals surface area contributed by atoms with Crippen molar-refractivity contribution in [2.24, 2.45) is 16.2 Å². The van der Waals surface area contributed by atoms with Gasteiger partial charge in [-0.05, 0) is 12.5 Å². The molecular formula is C9H14F11N3Si. The zero-order valence-corrected chi connectivity index (χ0v) is 12.7. The van der Waals surface area contributed by atoms with Crippen LogP contribution in [0.4, 0.5) is 48.3 Å². The first-order chi connectivity index (χ1) is 10.2. The number of unbranched alkanes of at least 4 members (excludes halogenated alkanes) is 1. The average molecular weight is 401 g/mol. The van der Waals surface area contributed by atoms with E-state index in [9.17, 15) is 48.3 Å². The number of hydrogen-bond donors (Lipinski definition) is 3. The molecule has 0 heterocycles. The summed E-state index contributed by atoms with van der Waals surface area (Å²) in [7, 11) is -3.24. The second kappa shape index (κ2) is 6.57. The second-order valence-electron chi connectivity index (χ2n) is 5.24. The smallest absolute Gasteiger partial charge is 0.327 e. The lowest BCUT2D eigenvalue weighted by Crippen LogP contribution is -2.66. The Morgan fingerprint density at radius 3 is 1.33 bits per heavy atom. The van der Waals surface area contributed by atoms with Gasteiger partial charge < -0.3 is 16.2 Å². The van der Waals surface area contributed by atoms with Gasteiger partial charge in [0.25, 0.3) is 8.56 Å². The highest BCUT2D eigenvalue weighted by molar-refractivity contribution is 6.70. The molecule has 0 amide bonds. The monoisotopic (exact) mass is 401 g/mol. The SMILES string of the molecule is N[Si](N)(N)CCCCC(F)(F)C(F)(F)C(F)(F)C(F)(F)C(F)(F)F. The molecular weight excluding hydrogens is 387 g/mol. The molecule has 24 heavy (non-hydrogen) atoms. The van der Waals surface area contributed by atoms with E-state index >= 15 is 0 Å². The topological polar surface area (TPSA) is 78.1 Å². The Kier molecular flexibility index (Phi) is 6.38. The van der Waals surface area contributed by atoms with Crippen molar-refractivity contribution >= 4 is 8.56 Å². The van der Waals surface area contributed by atoms with E-state index < -0.39 is 57.7 Å². The quantitative estimate of drug-likeness (QED) is 0.332. The molecule has 0 aromatic heterocycles. The second-order valence-corrected chi connectivity index (χ2v) is 7.97. The highest BCUT2D eigenvalue weighted by atomic mass is 28.4.